The summed E-state index contributed by atoms with van der Waals surface area (Å²) in [5.41, 5.74) is 0.658. The lowest BCUT2D eigenvalue weighted by Gasteiger charge is -1.98. The van der Waals surface area contributed by atoms with Crippen molar-refractivity contribution in [2.45, 2.75) is 13.3 Å². The average molecular weight is 182 g/mol. The van der Waals surface area contributed by atoms with E-state index in [4.69, 9.17) is 0 Å². The predicted molar refractivity (Wildman–Crippen MR) is 45.3 cm³/mol. The Morgan fingerprint density at radius 3 is 2.92 bits per heavy atom. The van der Waals surface area contributed by atoms with Crippen molar-refractivity contribution < 1.29 is 9.53 Å². The summed E-state index contributed by atoms with van der Waals surface area (Å²) in [5.74, 6) is -0.405. The van der Waals surface area contributed by atoms with Gasteiger partial charge in [0, 0.05) is 5.69 Å². The summed E-state index contributed by atoms with van der Waals surface area (Å²) in [7, 11) is 1.29. The number of carbonyl (C=O) groups excluding carboxylic acids is 1. The number of nitrogens with one attached hydrogen (secondary N) is 1. The van der Waals surface area contributed by atoms with E-state index in [-0.39, 0.29) is 6.42 Å². The number of nitrogens with zero attached hydrogens (tertiary/aromatic N) is 1. The first kappa shape index (κ1) is 9.44. The summed E-state index contributed by atoms with van der Waals surface area (Å²) in [4.78, 5) is 27.8. The van der Waals surface area contributed by atoms with Crippen molar-refractivity contribution in [3.63, 3.8) is 0 Å². The number of aromatic nitrogens is 2. The molecule has 0 aliphatic heterocycles. The van der Waals surface area contributed by atoms with E-state index in [1.54, 1.807) is 13.0 Å². The summed E-state index contributed by atoms with van der Waals surface area (Å²) >= 11 is 0. The fraction of sp³-hybridized carbons (Fsp3) is 0.375. The van der Waals surface area contributed by atoms with E-state index >= 15 is 0 Å². The van der Waals surface area contributed by atoms with E-state index in [9.17, 15) is 9.59 Å². The van der Waals surface area contributed by atoms with E-state index < -0.39 is 11.7 Å². The Morgan fingerprint density at radius 1 is 1.69 bits per heavy atom. The highest BCUT2D eigenvalue weighted by atomic mass is 16.5. The monoisotopic (exact) mass is 182 g/mol. The van der Waals surface area contributed by atoms with Crippen LogP contribution in [-0.4, -0.2) is 23.0 Å². The van der Waals surface area contributed by atoms with E-state index in [1.807, 2.05) is 0 Å². The van der Waals surface area contributed by atoms with Gasteiger partial charge in [-0.05, 0) is 13.0 Å². The number of ether oxygens (including phenoxy) is 1. The van der Waals surface area contributed by atoms with Crippen molar-refractivity contribution in [3.8, 4) is 0 Å². The quantitative estimate of drug-likeness (QED) is 0.642. The molecule has 1 rings (SSSR count). The molecule has 0 saturated carbocycles. The Morgan fingerprint density at radius 2 is 2.38 bits per heavy atom. The molecule has 70 valence electrons. The molecule has 1 heterocycles. The Bertz CT molecular complexity index is 370. The molecular formula is C8H10N2O3. The number of methoxy groups -OCH3 is 1. The van der Waals surface area contributed by atoms with Crippen molar-refractivity contribution in [1.29, 1.82) is 0 Å². The second-order valence-corrected chi connectivity index (χ2v) is 2.61. The number of rotatable bonds is 2. The fourth-order valence-electron chi connectivity index (χ4n) is 0.956. The number of aryl methyl sites for hydroxylation is 1. The predicted octanol–water partition coefficient (Wildman–Crippen LogP) is -0.206. The van der Waals surface area contributed by atoms with Gasteiger partial charge in [0.05, 0.1) is 19.2 Å². The topological polar surface area (TPSA) is 72.1 Å². The van der Waals surface area contributed by atoms with Crippen molar-refractivity contribution in [1.82, 2.24) is 9.97 Å². The second-order valence-electron chi connectivity index (χ2n) is 2.61. The molecule has 0 fully saturated rings. The second kappa shape index (κ2) is 3.84. The maximum absolute atomic E-state index is 10.9. The molecule has 5 heteroatoms. The third-order valence-corrected chi connectivity index (χ3v) is 1.49. The summed E-state index contributed by atoms with van der Waals surface area (Å²) in [6, 6.07) is 1.64. The molecule has 13 heavy (non-hydrogen) atoms. The molecule has 0 unspecified atom stereocenters. The molecule has 1 aromatic heterocycles. The maximum atomic E-state index is 10.9. The standard InChI is InChI=1S/C8H10N2O3/c1-5-3-6(4-7(11)13-2)10-8(12)9-5/h3H,4H2,1-2H3,(H,9,10,12). The van der Waals surface area contributed by atoms with Gasteiger partial charge >= 0.3 is 11.7 Å². The van der Waals surface area contributed by atoms with Gasteiger partial charge in [0.25, 0.3) is 0 Å². The molecule has 0 aliphatic carbocycles. The number of hydrogen-bond donors (Lipinski definition) is 1. The van der Waals surface area contributed by atoms with Crippen LogP contribution in [0.1, 0.15) is 11.4 Å². The van der Waals surface area contributed by atoms with Crippen LogP contribution in [0.15, 0.2) is 10.9 Å². The van der Waals surface area contributed by atoms with Crippen LogP contribution in [-0.2, 0) is 16.0 Å². The Kier molecular flexibility index (Phi) is 2.79. The molecule has 0 aliphatic rings. The number of carbonyl (C=O) groups is 1. The zero-order chi connectivity index (χ0) is 9.84. The maximum Gasteiger partial charge on any atom is 0.345 e. The zero-order valence-electron chi connectivity index (χ0n) is 7.46. The minimum Gasteiger partial charge on any atom is -0.469 e. The van der Waals surface area contributed by atoms with Crippen LogP contribution in [0.2, 0.25) is 0 Å². The minimum absolute atomic E-state index is 0.0290. The van der Waals surface area contributed by atoms with Gasteiger partial charge in [0.15, 0.2) is 0 Å². The Hall–Kier alpha value is -1.65. The summed E-state index contributed by atoms with van der Waals surface area (Å²) in [6.07, 6.45) is 0.0290. The largest absolute Gasteiger partial charge is 0.469 e. The fourth-order valence-corrected chi connectivity index (χ4v) is 0.956. The van der Waals surface area contributed by atoms with Crippen molar-refractivity contribution in [2.24, 2.45) is 0 Å². The highest BCUT2D eigenvalue weighted by Gasteiger charge is 2.04. The molecule has 0 atom stereocenters. The number of aromatic amines is 1. The van der Waals surface area contributed by atoms with Crippen molar-refractivity contribution in [2.75, 3.05) is 7.11 Å². The van der Waals surface area contributed by atoms with Crippen molar-refractivity contribution in [3.05, 3.63) is 27.9 Å². The van der Waals surface area contributed by atoms with Gasteiger partial charge < -0.3 is 9.72 Å². The van der Waals surface area contributed by atoms with Gasteiger partial charge in [-0.25, -0.2) is 4.79 Å². The first-order valence-electron chi connectivity index (χ1n) is 3.75. The number of hydrogen-bond acceptors (Lipinski definition) is 4. The van der Waals surface area contributed by atoms with Crippen molar-refractivity contribution >= 4 is 5.97 Å². The first-order chi connectivity index (χ1) is 6.11. The van der Waals surface area contributed by atoms with Crippen LogP contribution in [0.4, 0.5) is 0 Å². The molecular weight excluding hydrogens is 172 g/mol. The van der Waals surface area contributed by atoms with E-state index in [1.165, 1.54) is 7.11 Å². The molecule has 0 bridgehead atoms. The van der Waals surface area contributed by atoms with Crippen LogP contribution in [0.5, 0.6) is 0 Å². The lowest BCUT2D eigenvalue weighted by atomic mass is 10.2. The zero-order valence-corrected chi connectivity index (χ0v) is 7.46. The van der Waals surface area contributed by atoms with Gasteiger partial charge in [0.1, 0.15) is 0 Å². The summed E-state index contributed by atoms with van der Waals surface area (Å²) in [6.45, 7) is 1.73. The molecule has 1 aromatic rings. The highest BCUT2D eigenvalue weighted by Crippen LogP contribution is 1.96. The van der Waals surface area contributed by atoms with Crippen LogP contribution in [0.25, 0.3) is 0 Å². The summed E-state index contributed by atoms with van der Waals surface area (Å²) in [5, 5.41) is 0. The lowest BCUT2D eigenvalue weighted by molar-refractivity contribution is -0.139. The number of H-pyrrole nitrogens is 1. The van der Waals surface area contributed by atoms with E-state index in [0.717, 1.165) is 0 Å². The lowest BCUT2D eigenvalue weighted by Crippen LogP contribution is -2.16. The summed E-state index contributed by atoms with van der Waals surface area (Å²) < 4.78 is 4.44. The van der Waals surface area contributed by atoms with E-state index in [0.29, 0.717) is 11.4 Å². The third-order valence-electron chi connectivity index (χ3n) is 1.49. The Balaban J connectivity index is 2.89. The molecule has 0 spiro atoms. The molecule has 0 saturated heterocycles. The number of esters is 1. The van der Waals surface area contributed by atoms with Crippen LogP contribution in [0.3, 0.4) is 0 Å². The normalized spacial score (nSPS) is 9.69. The van der Waals surface area contributed by atoms with Gasteiger partial charge in [-0.3, -0.25) is 4.79 Å². The minimum atomic E-state index is -0.445. The molecule has 0 radical (unpaired) electrons. The van der Waals surface area contributed by atoms with Gasteiger partial charge in [-0.15, -0.1) is 0 Å². The van der Waals surface area contributed by atoms with E-state index in [2.05, 4.69) is 14.7 Å². The van der Waals surface area contributed by atoms with Crippen LogP contribution >= 0.6 is 0 Å². The van der Waals surface area contributed by atoms with Gasteiger partial charge in [-0.1, -0.05) is 0 Å². The van der Waals surface area contributed by atoms with Gasteiger partial charge in [-0.2, -0.15) is 4.98 Å². The SMILES string of the molecule is COC(=O)Cc1cc(C)[nH]c(=O)n1. The molecule has 5 nitrogen and oxygen atoms in total. The first-order valence-corrected chi connectivity index (χ1v) is 3.75. The van der Waals surface area contributed by atoms with Crippen LogP contribution in [0, 0.1) is 6.92 Å². The smallest absolute Gasteiger partial charge is 0.345 e. The molecule has 1 N–H and O–H groups in total. The van der Waals surface area contributed by atoms with Crippen LogP contribution < -0.4 is 5.69 Å². The Labute approximate surface area is 74.8 Å². The molecule has 0 aromatic carbocycles. The third kappa shape index (κ3) is 2.70. The average Bonchev–Trinajstić information content (AvgIpc) is 2.02. The highest BCUT2D eigenvalue weighted by molar-refractivity contribution is 5.71. The van der Waals surface area contributed by atoms with Gasteiger partial charge in [0.2, 0.25) is 0 Å². The molecule has 0 amide bonds.